The van der Waals surface area contributed by atoms with Crippen molar-refractivity contribution in [2.75, 3.05) is 39.6 Å². The highest BCUT2D eigenvalue weighted by atomic mass is 16.7. The van der Waals surface area contributed by atoms with Gasteiger partial charge in [0.25, 0.3) is 25.2 Å². The summed E-state index contributed by atoms with van der Waals surface area (Å²) in [5, 5.41) is 287. The predicted molar refractivity (Wildman–Crippen MR) is 326 cm³/mol. The van der Waals surface area contributed by atoms with Crippen molar-refractivity contribution in [1.29, 1.82) is 0 Å². The van der Waals surface area contributed by atoms with Crippen molar-refractivity contribution in [2.24, 2.45) is 28.1 Å². The van der Waals surface area contributed by atoms with E-state index < -0.39 is 274 Å². The highest BCUT2D eigenvalue weighted by Crippen LogP contribution is 2.74. The number of esters is 1. The van der Waals surface area contributed by atoms with Gasteiger partial charge in [0, 0.05) is 78.2 Å². The van der Waals surface area contributed by atoms with Crippen molar-refractivity contribution < 1.29 is 181 Å². The Hall–Kier alpha value is -5.47. The normalized spacial score (nSPS) is 32.4. The topological polar surface area (TPSA) is 637 Å². The predicted octanol–water partition coefficient (Wildman–Crippen LogP) is -3.23. The second kappa shape index (κ2) is 35.9. The van der Waals surface area contributed by atoms with Crippen LogP contribution in [0.1, 0.15) is 117 Å². The molecular weight excluding hydrogens is 1320 g/mol. The average Bonchev–Trinajstić information content (AvgIpc) is 1.43. The third kappa shape index (κ3) is 18.8. The van der Waals surface area contributed by atoms with E-state index in [0.29, 0.717) is 24.5 Å². The molecule has 4 aliphatic carbocycles. The Morgan fingerprint density at radius 1 is 0.531 bits per heavy atom. The van der Waals surface area contributed by atoms with Crippen molar-refractivity contribution in [3.63, 3.8) is 0 Å². The SMILES string of the molecule is C=C1C[C@@]23CCC4[C@](C)(C(=O)OC(O)/C(OC5OC(C)C(O)C(OC(O)/C(O)=C\C(O)CCO)C5O)=C(/OC(O)/C(O)=C(/O)C(O)CCO)C(O)CCO)CCC[C@@]4(C)[C@@H]2CC[C@]1(OC(O)/C(OC(O)/C(O)=C(/O)C(O)CCO)=C(/OC(O)/C(O)=C(/O)C(O)CCO)C(O)CCO)C3. The maximum Gasteiger partial charge on any atom is 0.314 e. The Labute approximate surface area is 562 Å². The fourth-order valence-corrected chi connectivity index (χ4v) is 14.2. The molecule has 564 valence electrons. The summed E-state index contributed by atoms with van der Waals surface area (Å²) in [6.07, 6.45) is -39.2. The molecule has 1 spiro atoms. The van der Waals surface area contributed by atoms with Crippen LogP contribution in [-0.4, -0.2) is 294 Å². The van der Waals surface area contributed by atoms with Gasteiger partial charge < -0.3 is 176 Å². The van der Waals surface area contributed by atoms with Gasteiger partial charge in [-0.2, -0.15) is 0 Å². The number of ether oxygens (including phenoxy) is 8. The molecule has 1 saturated heterocycles. The lowest BCUT2D eigenvalue weighted by molar-refractivity contribution is -0.314. The van der Waals surface area contributed by atoms with E-state index in [1.807, 2.05) is 6.92 Å². The lowest BCUT2D eigenvalue weighted by Crippen LogP contribution is -2.60. The molecule has 36 heteroatoms. The Morgan fingerprint density at radius 3 is 1.46 bits per heavy atom. The van der Waals surface area contributed by atoms with Crippen LogP contribution in [0.3, 0.4) is 0 Å². The highest BCUT2D eigenvalue weighted by molar-refractivity contribution is 5.77. The van der Waals surface area contributed by atoms with E-state index in [-0.39, 0.29) is 57.3 Å². The van der Waals surface area contributed by atoms with E-state index >= 15 is 4.79 Å². The van der Waals surface area contributed by atoms with Crippen molar-refractivity contribution in [3.05, 3.63) is 81.6 Å². The monoisotopic (exact) mass is 1420 g/mol. The van der Waals surface area contributed by atoms with Gasteiger partial charge >= 0.3 is 5.97 Å². The Bertz CT molecular complexity index is 2830. The molecule has 5 rings (SSSR count). The molecule has 23 atom stereocenters. The number of fused-ring (bicyclic) bond motifs is 3. The summed E-state index contributed by atoms with van der Waals surface area (Å²) < 4.78 is 45.5. The first kappa shape index (κ1) is 83.2. The molecule has 98 heavy (non-hydrogen) atoms. The minimum Gasteiger partial charge on any atom is -0.507 e. The zero-order valence-electron chi connectivity index (χ0n) is 54.4. The average molecular weight is 1420 g/mol. The van der Waals surface area contributed by atoms with E-state index in [2.05, 4.69) is 6.58 Å². The molecule has 0 aromatic heterocycles. The third-order valence-corrected chi connectivity index (χ3v) is 19.2. The summed E-state index contributed by atoms with van der Waals surface area (Å²) in [7, 11) is 0. The molecule has 1 heterocycles. The summed E-state index contributed by atoms with van der Waals surface area (Å²) in [5.41, 5.74) is -4.38. The van der Waals surface area contributed by atoms with Gasteiger partial charge in [-0.3, -0.25) is 4.79 Å². The fourth-order valence-electron chi connectivity index (χ4n) is 14.2. The summed E-state index contributed by atoms with van der Waals surface area (Å²) in [5.74, 6) is -16.6. The first-order valence-electron chi connectivity index (χ1n) is 31.9. The molecule has 0 amide bonds. The molecule has 0 radical (unpaired) electrons. The van der Waals surface area contributed by atoms with Crippen LogP contribution in [0.4, 0.5) is 0 Å². The Balaban J connectivity index is 1.55. The van der Waals surface area contributed by atoms with Gasteiger partial charge in [-0.25, -0.2) is 0 Å². The first-order chi connectivity index (χ1) is 45.9. The smallest absolute Gasteiger partial charge is 0.314 e. The zero-order chi connectivity index (χ0) is 73.7. The maximum atomic E-state index is 15.2. The standard InChI is InChI=1S/C62H100O36/c1-27-25-61-16-6-36-59(3,37(61)7-17-62(27,26-61)98-56(89)50(95-54(87)44(82)41(79)32(72)11-21-66)47(34(74)13-23-68)93-53(86)43(81)40(78)31(71)10-20-65)14-5-15-60(36,4)58(90)97-55(88)49(46(33(73)12-22-67)92-52(85)42(80)39(77)30(70)9-19-64)96-57-45(83)48(38(76)28(2)91-57)94-51(84)35(75)24-29(69)8-18-63/h24,28-34,36-38,45,48,51-57,63-89H,1,5-23,25-26H2,2-4H3/b35-24+,42-39-,43-40-,44-41-,49-46-,50-47-/t28?,29?,30?,31?,32?,33?,34?,36?,37-,38?,45?,48?,51?,52?,53?,54?,55?,56?,57?,59+,60+,61+,62-/m0/s1. The van der Waals surface area contributed by atoms with Crippen LogP contribution in [0.2, 0.25) is 0 Å². The van der Waals surface area contributed by atoms with E-state index in [4.69, 9.17) is 37.9 Å². The van der Waals surface area contributed by atoms with Crippen molar-refractivity contribution in [2.45, 2.75) is 228 Å². The van der Waals surface area contributed by atoms with Gasteiger partial charge in [-0.05, 0) is 99.5 Å². The number of carbonyl (C=O) groups is 1. The molecule has 0 aromatic rings. The van der Waals surface area contributed by atoms with E-state index in [1.165, 1.54) is 6.92 Å². The van der Waals surface area contributed by atoms with Crippen LogP contribution in [0.5, 0.6) is 0 Å². The van der Waals surface area contributed by atoms with E-state index in [0.717, 1.165) is 0 Å². The van der Waals surface area contributed by atoms with Crippen molar-refractivity contribution in [1.82, 2.24) is 0 Å². The molecule has 4 saturated carbocycles. The molecule has 36 nitrogen and oxygen atoms in total. The van der Waals surface area contributed by atoms with Crippen LogP contribution < -0.4 is 0 Å². The second-order valence-corrected chi connectivity index (χ2v) is 25.8. The number of aliphatic hydroxyl groups excluding tert-OH is 27. The number of carbonyl (C=O) groups excluding carboxylic acids is 1. The second-order valence-electron chi connectivity index (χ2n) is 25.8. The van der Waals surface area contributed by atoms with Gasteiger partial charge in [-0.1, -0.05) is 19.9 Å². The molecule has 2 bridgehead atoms. The number of hydrogen-bond acceptors (Lipinski definition) is 36. The van der Waals surface area contributed by atoms with Crippen LogP contribution in [0.15, 0.2) is 81.6 Å². The number of aliphatic hydroxyl groups is 27. The quantitative estimate of drug-likeness (QED) is 0.0125. The van der Waals surface area contributed by atoms with Gasteiger partial charge in [-0.15, -0.1) is 0 Å². The van der Waals surface area contributed by atoms with Crippen LogP contribution >= 0.6 is 0 Å². The summed E-state index contributed by atoms with van der Waals surface area (Å²) >= 11 is 0. The van der Waals surface area contributed by atoms with E-state index in [9.17, 15) is 138 Å². The number of hydrogen-bond donors (Lipinski definition) is 27. The molecule has 5 fully saturated rings. The van der Waals surface area contributed by atoms with Gasteiger partial charge in [0.1, 0.15) is 54.6 Å². The zero-order valence-corrected chi connectivity index (χ0v) is 54.4. The summed E-state index contributed by atoms with van der Waals surface area (Å²) in [6, 6.07) is 0. The molecule has 0 aromatic carbocycles. The lowest BCUT2D eigenvalue weighted by atomic mass is 9.41. The van der Waals surface area contributed by atoms with Gasteiger partial charge in [0.15, 0.2) is 34.6 Å². The molecule has 1 aliphatic heterocycles. The van der Waals surface area contributed by atoms with Crippen molar-refractivity contribution in [3.8, 4) is 0 Å². The molecule has 5 aliphatic rings. The Kier molecular flexibility index (Phi) is 30.5. The van der Waals surface area contributed by atoms with Gasteiger partial charge in [0.2, 0.25) is 41.9 Å². The van der Waals surface area contributed by atoms with Crippen LogP contribution in [0, 0.1) is 28.1 Å². The number of rotatable bonds is 38. The first-order valence-corrected chi connectivity index (χ1v) is 31.9. The lowest BCUT2D eigenvalue weighted by Gasteiger charge is -2.64. The Morgan fingerprint density at radius 2 is 0.980 bits per heavy atom. The molecular formula is C62H100O36. The van der Waals surface area contributed by atoms with Gasteiger partial charge in [0.05, 0.1) is 23.2 Å². The van der Waals surface area contributed by atoms with Crippen LogP contribution in [0.25, 0.3) is 0 Å². The molecule has 27 N–H and O–H groups in total. The summed E-state index contributed by atoms with van der Waals surface area (Å²) in [6.45, 7) is 4.50. The third-order valence-electron chi connectivity index (χ3n) is 19.2. The maximum absolute atomic E-state index is 15.2. The van der Waals surface area contributed by atoms with E-state index in [1.54, 1.807) is 6.92 Å². The minimum atomic E-state index is -2.83. The highest BCUT2D eigenvalue weighted by Gasteiger charge is 2.69. The fraction of sp³-hybridized carbons (Fsp3) is 0.758. The molecule has 18 unspecified atom stereocenters. The summed E-state index contributed by atoms with van der Waals surface area (Å²) in [4.78, 5) is 15.2. The minimum absolute atomic E-state index is 0.00514. The van der Waals surface area contributed by atoms with Crippen LogP contribution in [-0.2, 0) is 42.7 Å². The van der Waals surface area contributed by atoms with Crippen molar-refractivity contribution >= 4 is 5.97 Å². The largest absolute Gasteiger partial charge is 0.507 e.